The SMILES string of the molecule is Cc1ccccc1-c1n[nH]c([C@@H](N)C(C)C)n1. The number of aromatic amines is 1. The van der Waals surface area contributed by atoms with Crippen LogP contribution in [0.15, 0.2) is 24.3 Å². The fraction of sp³-hybridized carbons (Fsp3) is 0.385. The van der Waals surface area contributed by atoms with E-state index < -0.39 is 0 Å². The first-order valence-electron chi connectivity index (χ1n) is 5.83. The number of rotatable bonds is 3. The maximum atomic E-state index is 6.03. The second-order valence-electron chi connectivity index (χ2n) is 4.63. The molecule has 0 bridgehead atoms. The van der Waals surface area contributed by atoms with Gasteiger partial charge in [0.15, 0.2) is 5.82 Å². The van der Waals surface area contributed by atoms with Gasteiger partial charge in [-0.15, -0.1) is 0 Å². The highest BCUT2D eigenvalue weighted by atomic mass is 15.2. The van der Waals surface area contributed by atoms with Gasteiger partial charge in [-0.3, -0.25) is 5.10 Å². The maximum Gasteiger partial charge on any atom is 0.181 e. The zero-order valence-corrected chi connectivity index (χ0v) is 10.4. The molecule has 2 rings (SSSR count). The number of aryl methyl sites for hydroxylation is 1. The quantitative estimate of drug-likeness (QED) is 0.851. The van der Waals surface area contributed by atoms with E-state index in [-0.39, 0.29) is 6.04 Å². The molecule has 0 unspecified atom stereocenters. The summed E-state index contributed by atoms with van der Waals surface area (Å²) in [6.07, 6.45) is 0. The third-order valence-electron chi connectivity index (χ3n) is 2.92. The molecule has 0 amide bonds. The molecule has 0 aliphatic carbocycles. The average Bonchev–Trinajstić information content (AvgIpc) is 2.77. The van der Waals surface area contributed by atoms with Crippen molar-refractivity contribution in [2.45, 2.75) is 26.8 Å². The molecule has 90 valence electrons. The number of benzene rings is 1. The highest BCUT2D eigenvalue weighted by Gasteiger charge is 2.16. The lowest BCUT2D eigenvalue weighted by Gasteiger charge is -2.11. The molecule has 1 heterocycles. The van der Waals surface area contributed by atoms with Crippen LogP contribution in [-0.2, 0) is 0 Å². The van der Waals surface area contributed by atoms with Crippen molar-refractivity contribution in [2.24, 2.45) is 11.7 Å². The van der Waals surface area contributed by atoms with Crippen LogP contribution in [0, 0.1) is 12.8 Å². The molecule has 1 atom stereocenters. The van der Waals surface area contributed by atoms with Crippen molar-refractivity contribution < 1.29 is 0 Å². The highest BCUT2D eigenvalue weighted by Crippen LogP contribution is 2.21. The molecule has 2 aromatic rings. The minimum Gasteiger partial charge on any atom is -0.321 e. The number of hydrogen-bond donors (Lipinski definition) is 2. The summed E-state index contributed by atoms with van der Waals surface area (Å²) in [5.74, 6) is 1.81. The van der Waals surface area contributed by atoms with Gasteiger partial charge in [0.05, 0.1) is 6.04 Å². The fourth-order valence-electron chi connectivity index (χ4n) is 1.68. The maximum absolute atomic E-state index is 6.03. The van der Waals surface area contributed by atoms with E-state index in [1.54, 1.807) is 0 Å². The Hall–Kier alpha value is -1.68. The Labute approximate surface area is 101 Å². The molecule has 0 aliphatic heterocycles. The van der Waals surface area contributed by atoms with E-state index in [9.17, 15) is 0 Å². The van der Waals surface area contributed by atoms with Crippen molar-refractivity contribution in [2.75, 3.05) is 0 Å². The van der Waals surface area contributed by atoms with Crippen molar-refractivity contribution in [3.63, 3.8) is 0 Å². The minimum atomic E-state index is -0.0970. The lowest BCUT2D eigenvalue weighted by molar-refractivity contribution is 0.492. The monoisotopic (exact) mass is 230 g/mol. The van der Waals surface area contributed by atoms with Crippen molar-refractivity contribution in [3.05, 3.63) is 35.7 Å². The van der Waals surface area contributed by atoms with Crippen LogP contribution in [0.5, 0.6) is 0 Å². The second-order valence-corrected chi connectivity index (χ2v) is 4.63. The average molecular weight is 230 g/mol. The highest BCUT2D eigenvalue weighted by molar-refractivity contribution is 5.59. The van der Waals surface area contributed by atoms with Gasteiger partial charge in [0.25, 0.3) is 0 Å². The largest absolute Gasteiger partial charge is 0.321 e. The van der Waals surface area contributed by atoms with Crippen LogP contribution >= 0.6 is 0 Å². The van der Waals surface area contributed by atoms with Crippen LogP contribution in [0.4, 0.5) is 0 Å². The molecular weight excluding hydrogens is 212 g/mol. The van der Waals surface area contributed by atoms with Gasteiger partial charge in [-0.1, -0.05) is 38.1 Å². The van der Waals surface area contributed by atoms with Crippen molar-refractivity contribution in [1.29, 1.82) is 0 Å². The van der Waals surface area contributed by atoms with Gasteiger partial charge in [-0.25, -0.2) is 4.98 Å². The second kappa shape index (κ2) is 4.67. The first-order chi connectivity index (χ1) is 8.09. The summed E-state index contributed by atoms with van der Waals surface area (Å²) in [6.45, 7) is 6.19. The topological polar surface area (TPSA) is 67.6 Å². The molecule has 0 spiro atoms. The van der Waals surface area contributed by atoms with Gasteiger partial charge in [-0.05, 0) is 18.4 Å². The van der Waals surface area contributed by atoms with Crippen LogP contribution < -0.4 is 5.73 Å². The van der Waals surface area contributed by atoms with Gasteiger partial charge >= 0.3 is 0 Å². The predicted molar refractivity (Wildman–Crippen MR) is 68.3 cm³/mol. The number of nitrogens with zero attached hydrogens (tertiary/aromatic N) is 2. The molecule has 0 saturated heterocycles. The number of nitrogens with one attached hydrogen (secondary N) is 1. The molecule has 1 aromatic carbocycles. The number of hydrogen-bond acceptors (Lipinski definition) is 3. The van der Waals surface area contributed by atoms with E-state index in [0.717, 1.165) is 17.0 Å². The zero-order chi connectivity index (χ0) is 12.4. The first kappa shape index (κ1) is 11.8. The fourth-order valence-corrected chi connectivity index (χ4v) is 1.68. The van der Waals surface area contributed by atoms with Gasteiger partial charge in [0.1, 0.15) is 5.82 Å². The minimum absolute atomic E-state index is 0.0970. The van der Waals surface area contributed by atoms with Crippen LogP contribution in [0.2, 0.25) is 0 Å². The Morgan fingerprint density at radius 3 is 2.59 bits per heavy atom. The summed E-state index contributed by atoms with van der Waals surface area (Å²) in [5, 5.41) is 7.16. The van der Waals surface area contributed by atoms with E-state index in [1.165, 1.54) is 0 Å². The van der Waals surface area contributed by atoms with Gasteiger partial charge in [-0.2, -0.15) is 5.10 Å². The van der Waals surface area contributed by atoms with Crippen molar-refractivity contribution in [3.8, 4) is 11.4 Å². The van der Waals surface area contributed by atoms with E-state index in [2.05, 4.69) is 29.0 Å². The van der Waals surface area contributed by atoms with E-state index in [0.29, 0.717) is 11.7 Å². The molecule has 17 heavy (non-hydrogen) atoms. The number of H-pyrrole nitrogens is 1. The summed E-state index contributed by atoms with van der Waals surface area (Å²) >= 11 is 0. The molecule has 1 aromatic heterocycles. The number of aromatic nitrogens is 3. The van der Waals surface area contributed by atoms with Crippen LogP contribution in [0.25, 0.3) is 11.4 Å². The molecular formula is C13H18N4. The van der Waals surface area contributed by atoms with Gasteiger partial charge in [0, 0.05) is 5.56 Å². The van der Waals surface area contributed by atoms with Gasteiger partial charge in [0.2, 0.25) is 0 Å². The van der Waals surface area contributed by atoms with Crippen molar-refractivity contribution >= 4 is 0 Å². The Morgan fingerprint density at radius 2 is 1.94 bits per heavy atom. The normalized spacial score (nSPS) is 13.0. The lowest BCUT2D eigenvalue weighted by Crippen LogP contribution is -2.18. The Bertz CT molecular complexity index is 502. The molecule has 0 radical (unpaired) electrons. The molecule has 4 heteroatoms. The van der Waals surface area contributed by atoms with E-state index in [4.69, 9.17) is 5.73 Å². The van der Waals surface area contributed by atoms with Gasteiger partial charge < -0.3 is 5.73 Å². The summed E-state index contributed by atoms with van der Waals surface area (Å²) in [7, 11) is 0. The van der Waals surface area contributed by atoms with Crippen LogP contribution in [0.1, 0.15) is 31.3 Å². The summed E-state index contributed by atoms with van der Waals surface area (Å²) in [5.41, 5.74) is 8.24. The molecule has 0 saturated carbocycles. The zero-order valence-electron chi connectivity index (χ0n) is 10.4. The smallest absolute Gasteiger partial charge is 0.181 e. The summed E-state index contributed by atoms with van der Waals surface area (Å²) < 4.78 is 0. The van der Waals surface area contributed by atoms with Crippen LogP contribution in [-0.4, -0.2) is 15.2 Å². The Balaban J connectivity index is 2.34. The molecule has 0 fully saturated rings. The molecule has 0 aliphatic rings. The van der Waals surface area contributed by atoms with E-state index in [1.807, 2.05) is 31.2 Å². The standard InChI is InChI=1S/C13H18N4/c1-8(2)11(14)13-15-12(16-17-13)10-7-5-4-6-9(10)3/h4-8,11H,14H2,1-3H3,(H,15,16,17)/t11-/m0/s1. The Kier molecular flexibility index (Phi) is 3.24. The molecule has 3 N–H and O–H groups in total. The number of nitrogens with two attached hydrogens (primary N) is 1. The molecule has 4 nitrogen and oxygen atoms in total. The van der Waals surface area contributed by atoms with Crippen molar-refractivity contribution in [1.82, 2.24) is 15.2 Å². The lowest BCUT2D eigenvalue weighted by atomic mass is 10.1. The summed E-state index contributed by atoms with van der Waals surface area (Å²) in [4.78, 5) is 4.47. The first-order valence-corrected chi connectivity index (χ1v) is 5.83. The van der Waals surface area contributed by atoms with E-state index >= 15 is 0 Å². The third kappa shape index (κ3) is 2.36. The summed E-state index contributed by atoms with van der Waals surface area (Å²) in [6, 6.07) is 7.96. The predicted octanol–water partition coefficient (Wildman–Crippen LogP) is 2.44. The Morgan fingerprint density at radius 1 is 1.24 bits per heavy atom. The van der Waals surface area contributed by atoms with Crippen LogP contribution in [0.3, 0.4) is 0 Å². The third-order valence-corrected chi connectivity index (χ3v) is 2.92.